The van der Waals surface area contributed by atoms with Crippen LogP contribution in [0.25, 0.3) is 0 Å². The van der Waals surface area contributed by atoms with Crippen LogP contribution in [0.15, 0.2) is 24.3 Å². The molecule has 0 saturated heterocycles. The molecule has 2 aliphatic rings. The standard InChI is InChI=1S/C10H13.3ClH.Zr/c1-10(2)8-4-3-5-9(10)7-6-8;;;;/h3-4,6-7,9H,5H2,1-2H3;3*1H;. The number of allylic oxidation sites excluding steroid dienone is 4. The van der Waals surface area contributed by atoms with Crippen molar-refractivity contribution >= 4 is 37.2 Å². The van der Waals surface area contributed by atoms with Crippen LogP contribution < -0.4 is 0 Å². The zero-order valence-corrected chi connectivity index (χ0v) is 13.2. The molecule has 0 spiro atoms. The SMILES string of the molecule is CC1(C)C2C=C[C]1([Zr])C=CC2.Cl.Cl.Cl. The minimum absolute atomic E-state index is 0. The Morgan fingerprint density at radius 3 is 2.14 bits per heavy atom. The van der Waals surface area contributed by atoms with Crippen molar-refractivity contribution in [3.8, 4) is 0 Å². The summed E-state index contributed by atoms with van der Waals surface area (Å²) in [6, 6.07) is 0. The third kappa shape index (κ3) is 2.32. The first-order chi connectivity index (χ1) is 5.06. The predicted molar refractivity (Wildman–Crippen MR) is 64.6 cm³/mol. The second kappa shape index (κ2) is 5.53. The molecule has 0 N–H and O–H groups in total. The van der Waals surface area contributed by atoms with Crippen molar-refractivity contribution in [2.24, 2.45) is 11.3 Å². The van der Waals surface area contributed by atoms with Crippen LogP contribution in [0.3, 0.4) is 0 Å². The molecule has 14 heavy (non-hydrogen) atoms. The topological polar surface area (TPSA) is 0 Å². The molecule has 2 unspecified atom stereocenters. The van der Waals surface area contributed by atoms with Gasteiger partial charge in [-0.2, -0.15) is 0 Å². The molecule has 0 aromatic carbocycles. The molecular weight excluding hydrogens is 318 g/mol. The first-order valence-corrected chi connectivity index (χ1v) is 5.41. The van der Waals surface area contributed by atoms with Gasteiger partial charge in [0.15, 0.2) is 0 Å². The van der Waals surface area contributed by atoms with Crippen LogP contribution in [-0.4, -0.2) is 0 Å². The van der Waals surface area contributed by atoms with Crippen molar-refractivity contribution in [2.75, 3.05) is 0 Å². The maximum Gasteiger partial charge on any atom is -0.147 e. The van der Waals surface area contributed by atoms with E-state index in [9.17, 15) is 0 Å². The molecule has 0 radical (unpaired) electrons. The van der Waals surface area contributed by atoms with Gasteiger partial charge in [0.1, 0.15) is 0 Å². The smallest absolute Gasteiger partial charge is 0.147 e. The van der Waals surface area contributed by atoms with Crippen LogP contribution in [0, 0.1) is 11.3 Å². The fourth-order valence-electron chi connectivity index (χ4n) is 2.07. The Hall–Kier alpha value is 1.23. The molecule has 0 amide bonds. The third-order valence-electron chi connectivity index (χ3n) is 3.36. The maximum atomic E-state index is 2.42. The molecule has 0 aromatic heterocycles. The normalized spacial score (nSPS) is 35.1. The largest absolute Gasteiger partial charge is 0.147 e. The average Bonchev–Trinajstić information content (AvgIpc) is 2.17. The first-order valence-electron chi connectivity index (χ1n) is 4.18. The predicted octanol–water partition coefficient (Wildman–Crippen LogP) is 4.13. The Morgan fingerprint density at radius 1 is 1.14 bits per heavy atom. The first kappa shape index (κ1) is 17.6. The van der Waals surface area contributed by atoms with Gasteiger partial charge in [-0.25, -0.2) is 0 Å². The molecule has 4 heteroatoms. The van der Waals surface area contributed by atoms with E-state index in [1.165, 1.54) is 6.42 Å². The van der Waals surface area contributed by atoms with E-state index in [1.54, 1.807) is 24.7 Å². The Balaban J connectivity index is 0. The van der Waals surface area contributed by atoms with Crippen molar-refractivity contribution < 1.29 is 24.7 Å². The second-order valence-corrected chi connectivity index (χ2v) is 6.23. The van der Waals surface area contributed by atoms with Gasteiger partial charge >= 0.3 is 83.7 Å². The number of rotatable bonds is 0. The number of fused-ring (bicyclic) bond motifs is 2. The summed E-state index contributed by atoms with van der Waals surface area (Å²) >= 11 is 1.64. The molecule has 2 bridgehead atoms. The molecule has 81 valence electrons. The van der Waals surface area contributed by atoms with Gasteiger partial charge in [-0.1, -0.05) is 0 Å². The minimum Gasteiger partial charge on any atom is -0.147 e. The van der Waals surface area contributed by atoms with E-state index in [1.807, 2.05) is 0 Å². The summed E-state index contributed by atoms with van der Waals surface area (Å²) in [4.78, 5) is 0. The minimum atomic E-state index is 0. The monoisotopic (exact) mass is 331 g/mol. The maximum absolute atomic E-state index is 2.42. The molecular formula is C10H16Cl3Zr. The van der Waals surface area contributed by atoms with E-state index in [0.717, 1.165) is 5.92 Å². The Kier molecular flexibility index (Phi) is 6.96. The molecule has 0 aromatic rings. The average molecular weight is 334 g/mol. The van der Waals surface area contributed by atoms with Gasteiger partial charge < -0.3 is 0 Å². The fourth-order valence-corrected chi connectivity index (χ4v) is 3.06. The van der Waals surface area contributed by atoms with E-state index in [0.29, 0.717) is 8.54 Å². The Labute approximate surface area is 120 Å². The number of halogens is 3. The van der Waals surface area contributed by atoms with Crippen LogP contribution in [0.1, 0.15) is 20.3 Å². The second-order valence-electron chi connectivity index (χ2n) is 4.19. The van der Waals surface area contributed by atoms with Gasteiger partial charge in [-0.05, 0) is 0 Å². The van der Waals surface area contributed by atoms with Crippen LogP contribution in [0.2, 0.25) is 3.12 Å². The summed E-state index contributed by atoms with van der Waals surface area (Å²) in [5.41, 5.74) is 0.486. The fraction of sp³-hybridized carbons (Fsp3) is 0.600. The van der Waals surface area contributed by atoms with Crippen molar-refractivity contribution in [1.82, 2.24) is 0 Å². The number of hydrogen-bond acceptors (Lipinski definition) is 0. The molecule has 0 saturated carbocycles. The summed E-state index contributed by atoms with van der Waals surface area (Å²) in [5.74, 6) is 0.798. The number of hydrogen-bond donors (Lipinski definition) is 0. The van der Waals surface area contributed by atoms with Crippen LogP contribution in [-0.2, 0) is 24.7 Å². The van der Waals surface area contributed by atoms with Gasteiger partial charge in [0, 0.05) is 0 Å². The molecule has 0 nitrogen and oxygen atoms in total. The van der Waals surface area contributed by atoms with E-state index in [-0.39, 0.29) is 37.2 Å². The van der Waals surface area contributed by atoms with Gasteiger partial charge in [0.05, 0.1) is 0 Å². The van der Waals surface area contributed by atoms with E-state index in [2.05, 4.69) is 38.2 Å². The van der Waals surface area contributed by atoms with Gasteiger partial charge in [-0.3, -0.25) is 0 Å². The summed E-state index contributed by atoms with van der Waals surface area (Å²) < 4.78 is 0.419. The summed E-state index contributed by atoms with van der Waals surface area (Å²) in [6.45, 7) is 4.80. The Morgan fingerprint density at radius 2 is 1.71 bits per heavy atom. The van der Waals surface area contributed by atoms with Crippen molar-refractivity contribution in [1.29, 1.82) is 0 Å². The summed E-state index contributed by atoms with van der Waals surface area (Å²) in [6.07, 6.45) is 10.8. The van der Waals surface area contributed by atoms with Crippen molar-refractivity contribution in [3.05, 3.63) is 24.3 Å². The van der Waals surface area contributed by atoms with Crippen LogP contribution in [0.4, 0.5) is 0 Å². The molecule has 0 fully saturated rings. The van der Waals surface area contributed by atoms with Gasteiger partial charge in [0.2, 0.25) is 0 Å². The van der Waals surface area contributed by atoms with Crippen LogP contribution in [0.5, 0.6) is 0 Å². The van der Waals surface area contributed by atoms with E-state index < -0.39 is 0 Å². The zero-order valence-electron chi connectivity index (χ0n) is 8.32. The van der Waals surface area contributed by atoms with Gasteiger partial charge in [-0.15, -0.1) is 37.2 Å². The van der Waals surface area contributed by atoms with E-state index in [4.69, 9.17) is 0 Å². The molecule has 2 aliphatic carbocycles. The molecule has 0 heterocycles. The van der Waals surface area contributed by atoms with Crippen LogP contribution >= 0.6 is 37.2 Å². The summed E-state index contributed by atoms with van der Waals surface area (Å²) in [7, 11) is 0. The zero-order chi connectivity index (χ0) is 8.11. The van der Waals surface area contributed by atoms with E-state index >= 15 is 0 Å². The Bertz CT molecular complexity index is 244. The third-order valence-corrected chi connectivity index (χ3v) is 5.76. The van der Waals surface area contributed by atoms with Crippen molar-refractivity contribution in [3.63, 3.8) is 0 Å². The quantitative estimate of drug-likeness (QED) is 0.585. The molecule has 2 atom stereocenters. The van der Waals surface area contributed by atoms with Crippen molar-refractivity contribution in [2.45, 2.75) is 23.4 Å². The van der Waals surface area contributed by atoms with Gasteiger partial charge in [0.25, 0.3) is 0 Å². The molecule has 0 aliphatic heterocycles. The summed E-state index contributed by atoms with van der Waals surface area (Å²) in [5, 5.41) is 0. The molecule has 2 rings (SSSR count).